The molecule has 0 spiro atoms. The van der Waals surface area contributed by atoms with E-state index in [1.54, 1.807) is 12.1 Å². The lowest BCUT2D eigenvalue weighted by molar-refractivity contribution is -0.126. The molecule has 0 aromatic heterocycles. The largest absolute Gasteiger partial charge is 0.507 e. The molecule has 0 unspecified atom stereocenters. The van der Waals surface area contributed by atoms with Crippen molar-refractivity contribution in [2.45, 2.75) is 5.50 Å². The number of phenols is 1. The average molecular weight is 280 g/mol. The first-order valence-corrected chi connectivity index (χ1v) is 5.91. The van der Waals surface area contributed by atoms with Gasteiger partial charge in [-0.25, -0.2) is 0 Å². The third-order valence-electron chi connectivity index (χ3n) is 2.56. The van der Waals surface area contributed by atoms with Gasteiger partial charge in [0, 0.05) is 11.6 Å². The molecule has 0 aliphatic carbocycles. The van der Waals surface area contributed by atoms with Crippen molar-refractivity contribution in [1.29, 1.82) is 0 Å². The number of thiol groups is 1. The molecule has 1 aliphatic rings. The van der Waals surface area contributed by atoms with E-state index in [0.717, 1.165) is 0 Å². The summed E-state index contributed by atoms with van der Waals surface area (Å²) in [6.07, 6.45) is 1.30. The number of carbonyl (C=O) groups excluding carboxylic acids is 2. The van der Waals surface area contributed by atoms with E-state index in [1.165, 1.54) is 19.3 Å². The third-order valence-corrected chi connectivity index (χ3v) is 2.82. The highest BCUT2D eigenvalue weighted by atomic mass is 32.1. The Morgan fingerprint density at radius 3 is 2.47 bits per heavy atom. The van der Waals surface area contributed by atoms with Gasteiger partial charge in [-0.15, -0.1) is 12.6 Å². The number of methoxy groups -OCH3 is 1. The van der Waals surface area contributed by atoms with Crippen molar-refractivity contribution in [1.82, 2.24) is 10.6 Å². The quantitative estimate of drug-likeness (QED) is 0.355. The monoisotopic (exact) mass is 280 g/mol. The highest BCUT2D eigenvalue weighted by molar-refractivity contribution is 7.80. The van der Waals surface area contributed by atoms with Crippen LogP contribution in [0.3, 0.4) is 0 Å². The number of amides is 2. The van der Waals surface area contributed by atoms with E-state index in [2.05, 4.69) is 23.3 Å². The molecule has 3 N–H and O–H groups in total. The molecule has 19 heavy (non-hydrogen) atoms. The Bertz CT molecular complexity index is 551. The van der Waals surface area contributed by atoms with Gasteiger partial charge in [-0.2, -0.15) is 0 Å². The van der Waals surface area contributed by atoms with E-state index in [0.29, 0.717) is 11.3 Å². The molecule has 0 bridgehead atoms. The van der Waals surface area contributed by atoms with Crippen molar-refractivity contribution >= 4 is 30.5 Å². The van der Waals surface area contributed by atoms with Gasteiger partial charge < -0.3 is 20.5 Å². The first-order chi connectivity index (χ1) is 9.01. The van der Waals surface area contributed by atoms with Crippen LogP contribution in [0.1, 0.15) is 5.56 Å². The lowest BCUT2D eigenvalue weighted by Gasteiger charge is -2.21. The fourth-order valence-corrected chi connectivity index (χ4v) is 1.84. The second-order valence-corrected chi connectivity index (χ2v) is 4.35. The molecule has 1 aromatic rings. The van der Waals surface area contributed by atoms with E-state index < -0.39 is 17.3 Å². The molecule has 6 nitrogen and oxygen atoms in total. The number of benzene rings is 1. The molecule has 7 heteroatoms. The summed E-state index contributed by atoms with van der Waals surface area (Å²) in [6, 6.07) is 4.56. The summed E-state index contributed by atoms with van der Waals surface area (Å²) in [6.45, 7) is 0. The molecular formula is C12H12N2O4S. The number of hydrogen-bond donors (Lipinski definition) is 4. The highest BCUT2D eigenvalue weighted by Crippen LogP contribution is 2.25. The van der Waals surface area contributed by atoms with Crippen LogP contribution in [-0.4, -0.2) is 29.5 Å². The van der Waals surface area contributed by atoms with Crippen molar-refractivity contribution in [3.8, 4) is 11.5 Å². The van der Waals surface area contributed by atoms with Gasteiger partial charge in [0.25, 0.3) is 11.8 Å². The van der Waals surface area contributed by atoms with Crippen molar-refractivity contribution in [2.75, 3.05) is 7.11 Å². The molecule has 1 aliphatic heterocycles. The Morgan fingerprint density at radius 2 is 1.95 bits per heavy atom. The van der Waals surface area contributed by atoms with E-state index in [1.807, 2.05) is 0 Å². The number of ether oxygens (including phenoxy) is 1. The summed E-state index contributed by atoms with van der Waals surface area (Å²) in [7, 11) is 1.47. The van der Waals surface area contributed by atoms with Crippen LogP contribution in [-0.2, 0) is 9.59 Å². The van der Waals surface area contributed by atoms with Crippen LogP contribution >= 0.6 is 12.6 Å². The molecule has 1 aromatic carbocycles. The van der Waals surface area contributed by atoms with Crippen LogP contribution in [0.25, 0.3) is 6.08 Å². The summed E-state index contributed by atoms with van der Waals surface area (Å²) in [5.41, 5.74) is -0.453. The van der Waals surface area contributed by atoms with Crippen molar-refractivity contribution < 1.29 is 19.4 Å². The zero-order chi connectivity index (χ0) is 14.0. The maximum Gasteiger partial charge on any atom is 0.259 e. The molecular weight excluding hydrogens is 268 g/mol. The summed E-state index contributed by atoms with van der Waals surface area (Å²) in [5, 5.41) is 14.7. The van der Waals surface area contributed by atoms with Crippen molar-refractivity contribution in [3.05, 3.63) is 29.3 Å². The van der Waals surface area contributed by atoms with Crippen LogP contribution < -0.4 is 15.4 Å². The molecule has 0 saturated carbocycles. The maximum absolute atomic E-state index is 11.7. The van der Waals surface area contributed by atoms with E-state index in [9.17, 15) is 14.7 Å². The standard InChI is InChI=1S/C12H12N2O4S/c1-18-7-3-2-6(9(15)5-7)4-8-10(16)13-12(19)14-11(8)17/h2-5,12,15,19H,1H3,(H,13,16)(H,14,17). The molecule has 0 atom stereocenters. The van der Waals surface area contributed by atoms with Crippen LogP contribution in [0.15, 0.2) is 23.8 Å². The number of nitrogens with one attached hydrogen (secondary N) is 2. The molecule has 100 valence electrons. The summed E-state index contributed by atoms with van der Waals surface area (Å²) < 4.78 is 4.95. The fourth-order valence-electron chi connectivity index (χ4n) is 1.60. The molecule has 2 rings (SSSR count). The van der Waals surface area contributed by atoms with Gasteiger partial charge in [-0.1, -0.05) is 0 Å². The predicted octanol–water partition coefficient (Wildman–Crippen LogP) is 0.244. The first kappa shape index (κ1) is 13.3. The Balaban J connectivity index is 2.35. The van der Waals surface area contributed by atoms with Crippen molar-refractivity contribution in [3.63, 3.8) is 0 Å². The first-order valence-electron chi connectivity index (χ1n) is 5.40. The number of aromatic hydroxyl groups is 1. The van der Waals surface area contributed by atoms with Crippen molar-refractivity contribution in [2.24, 2.45) is 0 Å². The Labute approximate surface area is 114 Å². The Morgan fingerprint density at radius 1 is 1.32 bits per heavy atom. The van der Waals surface area contributed by atoms with Crippen LogP contribution in [0.5, 0.6) is 11.5 Å². The normalized spacial score (nSPS) is 18.6. The Kier molecular flexibility index (Phi) is 3.66. The van der Waals surface area contributed by atoms with E-state index >= 15 is 0 Å². The zero-order valence-electron chi connectivity index (χ0n) is 10.0. The van der Waals surface area contributed by atoms with Crippen LogP contribution in [0.4, 0.5) is 0 Å². The Hall–Kier alpha value is -2.15. The molecule has 2 amide bonds. The minimum atomic E-state index is -0.707. The SMILES string of the molecule is COc1ccc(C=C2C(=O)NC(S)NC2=O)c(O)c1. The smallest absolute Gasteiger partial charge is 0.259 e. The maximum atomic E-state index is 11.7. The van der Waals surface area contributed by atoms with Crippen LogP contribution in [0.2, 0.25) is 0 Å². The van der Waals surface area contributed by atoms with Crippen LogP contribution in [0, 0.1) is 0 Å². The van der Waals surface area contributed by atoms with Gasteiger partial charge in [-0.05, 0) is 18.2 Å². The lowest BCUT2D eigenvalue weighted by atomic mass is 10.1. The summed E-state index contributed by atoms with van der Waals surface area (Å²) in [4.78, 5) is 23.3. The van der Waals surface area contributed by atoms with Gasteiger partial charge in [0.1, 0.15) is 22.6 Å². The van der Waals surface area contributed by atoms with Gasteiger partial charge in [-0.3, -0.25) is 9.59 Å². The number of rotatable bonds is 2. The zero-order valence-corrected chi connectivity index (χ0v) is 10.9. The molecule has 1 saturated heterocycles. The second-order valence-electron chi connectivity index (χ2n) is 3.83. The van der Waals surface area contributed by atoms with E-state index in [4.69, 9.17) is 4.74 Å². The van der Waals surface area contributed by atoms with Gasteiger partial charge in [0.2, 0.25) is 0 Å². The third kappa shape index (κ3) is 2.82. The molecule has 0 radical (unpaired) electrons. The fraction of sp³-hybridized carbons (Fsp3) is 0.167. The number of carbonyl (C=O) groups is 2. The predicted molar refractivity (Wildman–Crippen MR) is 71.7 cm³/mol. The second kappa shape index (κ2) is 5.23. The minimum absolute atomic E-state index is 0.0829. The summed E-state index contributed by atoms with van der Waals surface area (Å²) >= 11 is 3.94. The van der Waals surface area contributed by atoms with Gasteiger partial charge in [0.05, 0.1) is 7.11 Å². The number of phenolic OH excluding ortho intramolecular Hbond substituents is 1. The topological polar surface area (TPSA) is 87.7 Å². The van der Waals surface area contributed by atoms with Gasteiger partial charge >= 0.3 is 0 Å². The average Bonchev–Trinajstić information content (AvgIpc) is 2.35. The number of hydrogen-bond acceptors (Lipinski definition) is 5. The van der Waals surface area contributed by atoms with E-state index in [-0.39, 0.29) is 11.3 Å². The molecule has 1 heterocycles. The highest BCUT2D eigenvalue weighted by Gasteiger charge is 2.27. The molecule has 1 fully saturated rings. The summed E-state index contributed by atoms with van der Waals surface area (Å²) in [5.74, 6) is -0.689. The van der Waals surface area contributed by atoms with Gasteiger partial charge in [0.15, 0.2) is 0 Å². The lowest BCUT2D eigenvalue weighted by Crippen LogP contribution is -2.52. The minimum Gasteiger partial charge on any atom is -0.507 e.